The van der Waals surface area contributed by atoms with Gasteiger partial charge in [0.1, 0.15) is 0 Å². The molecule has 0 saturated carbocycles. The number of hydrogen-bond acceptors (Lipinski definition) is 2. The minimum Gasteiger partial charge on any atom is -0.478 e. The van der Waals surface area contributed by atoms with E-state index in [2.05, 4.69) is 29.4 Å². The number of aryl methyl sites for hydroxylation is 1. The van der Waals surface area contributed by atoms with Gasteiger partial charge < -0.3 is 4.74 Å². The predicted octanol–water partition coefficient (Wildman–Crippen LogP) is 4.17. The Morgan fingerprint density at radius 3 is 2.23 bits per heavy atom. The van der Waals surface area contributed by atoms with Crippen LogP contribution in [0, 0.1) is 6.92 Å². The van der Waals surface area contributed by atoms with Crippen LogP contribution in [0.4, 0.5) is 0 Å². The number of aromatic nitrogens is 2. The van der Waals surface area contributed by atoms with E-state index in [0.717, 1.165) is 29.2 Å². The maximum Gasteiger partial charge on any atom is 0.220 e. The number of para-hydroxylation sites is 1. The minimum atomic E-state index is 0.625. The van der Waals surface area contributed by atoms with E-state index in [1.807, 2.05) is 54.9 Å². The van der Waals surface area contributed by atoms with Crippen molar-refractivity contribution in [2.75, 3.05) is 6.61 Å². The smallest absolute Gasteiger partial charge is 0.220 e. The van der Waals surface area contributed by atoms with Crippen molar-refractivity contribution in [3.8, 4) is 11.6 Å². The van der Waals surface area contributed by atoms with Crippen LogP contribution in [0.25, 0.3) is 5.69 Å². The fourth-order valence-corrected chi connectivity index (χ4v) is 2.57. The van der Waals surface area contributed by atoms with Gasteiger partial charge in [-0.15, -0.1) is 0 Å². The molecule has 1 aromatic heterocycles. The summed E-state index contributed by atoms with van der Waals surface area (Å²) in [5.41, 5.74) is 4.44. The maximum absolute atomic E-state index is 5.92. The van der Waals surface area contributed by atoms with Crippen molar-refractivity contribution in [1.82, 2.24) is 9.78 Å². The molecular formula is C19H20N2O. The topological polar surface area (TPSA) is 27.1 Å². The van der Waals surface area contributed by atoms with E-state index in [-0.39, 0.29) is 0 Å². The molecule has 0 unspecified atom stereocenters. The Morgan fingerprint density at radius 2 is 1.59 bits per heavy atom. The Balaban J connectivity index is 2.04. The molecule has 22 heavy (non-hydrogen) atoms. The van der Waals surface area contributed by atoms with Gasteiger partial charge in [0.05, 0.1) is 18.0 Å². The highest BCUT2D eigenvalue weighted by molar-refractivity contribution is 5.43. The quantitative estimate of drug-likeness (QED) is 0.705. The molecule has 3 nitrogen and oxygen atoms in total. The van der Waals surface area contributed by atoms with Gasteiger partial charge in [-0.05, 0) is 31.5 Å². The Labute approximate surface area is 131 Å². The first kappa shape index (κ1) is 14.4. The van der Waals surface area contributed by atoms with E-state index in [9.17, 15) is 0 Å². The van der Waals surface area contributed by atoms with Crippen molar-refractivity contribution in [3.05, 3.63) is 77.5 Å². The zero-order valence-corrected chi connectivity index (χ0v) is 13.0. The van der Waals surface area contributed by atoms with Gasteiger partial charge in [0.15, 0.2) is 0 Å². The Morgan fingerprint density at radius 1 is 0.955 bits per heavy atom. The molecule has 112 valence electrons. The van der Waals surface area contributed by atoms with Gasteiger partial charge in [-0.25, -0.2) is 4.68 Å². The second-order valence-electron chi connectivity index (χ2n) is 5.21. The highest BCUT2D eigenvalue weighted by atomic mass is 16.5. The molecule has 0 aliphatic rings. The lowest BCUT2D eigenvalue weighted by atomic mass is 10.1. The fraction of sp³-hybridized carbons (Fsp3) is 0.211. The first-order valence-corrected chi connectivity index (χ1v) is 7.60. The Hall–Kier alpha value is -2.55. The molecule has 0 fully saturated rings. The molecule has 0 aliphatic carbocycles. The van der Waals surface area contributed by atoms with E-state index in [1.165, 1.54) is 5.56 Å². The minimum absolute atomic E-state index is 0.625. The lowest BCUT2D eigenvalue weighted by molar-refractivity contribution is 0.313. The van der Waals surface area contributed by atoms with Crippen LogP contribution in [-0.2, 0) is 6.42 Å². The monoisotopic (exact) mass is 292 g/mol. The van der Waals surface area contributed by atoms with Gasteiger partial charge in [-0.3, -0.25) is 0 Å². The number of rotatable bonds is 5. The van der Waals surface area contributed by atoms with Crippen LogP contribution in [0.5, 0.6) is 5.88 Å². The molecule has 0 saturated heterocycles. The van der Waals surface area contributed by atoms with Gasteiger partial charge in [0.2, 0.25) is 5.88 Å². The number of nitrogens with zero attached hydrogens (tertiary/aromatic N) is 2. The largest absolute Gasteiger partial charge is 0.478 e. The molecular weight excluding hydrogens is 272 g/mol. The van der Waals surface area contributed by atoms with Crippen LogP contribution >= 0.6 is 0 Å². The van der Waals surface area contributed by atoms with Gasteiger partial charge in [-0.1, -0.05) is 48.5 Å². The normalized spacial score (nSPS) is 10.6. The lowest BCUT2D eigenvalue weighted by Gasteiger charge is -2.10. The van der Waals surface area contributed by atoms with E-state index in [4.69, 9.17) is 4.74 Å². The van der Waals surface area contributed by atoms with Gasteiger partial charge in [0.25, 0.3) is 0 Å². The Bertz CT molecular complexity index is 733. The second-order valence-corrected chi connectivity index (χ2v) is 5.21. The van der Waals surface area contributed by atoms with Crippen LogP contribution in [-0.4, -0.2) is 16.4 Å². The summed E-state index contributed by atoms with van der Waals surface area (Å²) >= 11 is 0. The average molecular weight is 292 g/mol. The van der Waals surface area contributed by atoms with Crippen molar-refractivity contribution in [1.29, 1.82) is 0 Å². The van der Waals surface area contributed by atoms with E-state index >= 15 is 0 Å². The molecule has 0 radical (unpaired) electrons. The van der Waals surface area contributed by atoms with Crippen molar-refractivity contribution < 1.29 is 4.74 Å². The van der Waals surface area contributed by atoms with E-state index in [1.54, 1.807) is 0 Å². The maximum atomic E-state index is 5.92. The van der Waals surface area contributed by atoms with Crippen LogP contribution < -0.4 is 4.74 Å². The number of ether oxygens (including phenoxy) is 1. The van der Waals surface area contributed by atoms with Gasteiger partial charge in [-0.2, -0.15) is 5.10 Å². The summed E-state index contributed by atoms with van der Waals surface area (Å²) < 4.78 is 7.82. The molecule has 0 aliphatic heterocycles. The summed E-state index contributed by atoms with van der Waals surface area (Å²) in [5, 5.41) is 4.69. The number of hydrogen-bond donors (Lipinski definition) is 0. The predicted molar refractivity (Wildman–Crippen MR) is 88.7 cm³/mol. The average Bonchev–Trinajstić information content (AvgIpc) is 2.86. The first-order chi connectivity index (χ1) is 10.8. The van der Waals surface area contributed by atoms with Crippen LogP contribution in [0.3, 0.4) is 0 Å². The zero-order chi connectivity index (χ0) is 15.4. The summed E-state index contributed by atoms with van der Waals surface area (Å²) in [6.45, 7) is 4.67. The van der Waals surface area contributed by atoms with E-state index in [0.29, 0.717) is 6.61 Å². The molecule has 3 heteroatoms. The molecule has 0 spiro atoms. The molecule has 2 aromatic carbocycles. The standard InChI is InChI=1S/C19H20N2O/c1-3-22-19-18(14-16-10-6-4-7-11-16)15(2)20-21(19)17-12-8-5-9-13-17/h4-13H,3,14H2,1-2H3. The second kappa shape index (κ2) is 6.48. The van der Waals surface area contributed by atoms with Crippen molar-refractivity contribution in [3.63, 3.8) is 0 Å². The molecule has 0 amide bonds. The van der Waals surface area contributed by atoms with Crippen molar-refractivity contribution >= 4 is 0 Å². The fourth-order valence-electron chi connectivity index (χ4n) is 2.57. The summed E-state index contributed by atoms with van der Waals surface area (Å²) in [5.74, 6) is 0.843. The first-order valence-electron chi connectivity index (χ1n) is 7.60. The Kier molecular flexibility index (Phi) is 4.24. The summed E-state index contributed by atoms with van der Waals surface area (Å²) in [4.78, 5) is 0. The van der Waals surface area contributed by atoms with Gasteiger partial charge >= 0.3 is 0 Å². The van der Waals surface area contributed by atoms with Crippen LogP contribution in [0.15, 0.2) is 60.7 Å². The highest BCUT2D eigenvalue weighted by Gasteiger charge is 2.17. The third-order valence-corrected chi connectivity index (χ3v) is 3.64. The summed E-state index contributed by atoms with van der Waals surface area (Å²) in [7, 11) is 0. The number of benzene rings is 2. The van der Waals surface area contributed by atoms with Crippen LogP contribution in [0.1, 0.15) is 23.7 Å². The zero-order valence-electron chi connectivity index (χ0n) is 13.0. The van der Waals surface area contributed by atoms with E-state index < -0.39 is 0 Å². The van der Waals surface area contributed by atoms with Crippen molar-refractivity contribution in [2.45, 2.75) is 20.3 Å². The summed E-state index contributed by atoms with van der Waals surface area (Å²) in [6, 6.07) is 20.5. The molecule has 0 bridgehead atoms. The highest BCUT2D eigenvalue weighted by Crippen LogP contribution is 2.28. The summed E-state index contributed by atoms with van der Waals surface area (Å²) in [6.07, 6.45) is 0.828. The molecule has 0 N–H and O–H groups in total. The van der Waals surface area contributed by atoms with Gasteiger partial charge in [0, 0.05) is 12.0 Å². The third kappa shape index (κ3) is 2.89. The molecule has 1 heterocycles. The SMILES string of the molecule is CCOc1c(Cc2ccccc2)c(C)nn1-c1ccccc1. The molecule has 0 atom stereocenters. The molecule has 3 aromatic rings. The van der Waals surface area contributed by atoms with Crippen LogP contribution in [0.2, 0.25) is 0 Å². The third-order valence-electron chi connectivity index (χ3n) is 3.64. The van der Waals surface area contributed by atoms with Crippen molar-refractivity contribution in [2.24, 2.45) is 0 Å². The molecule has 3 rings (SSSR count). The lowest BCUT2D eigenvalue weighted by Crippen LogP contribution is -2.04.